The molecule has 6 nitrogen and oxygen atoms in total. The van der Waals surface area contributed by atoms with Gasteiger partial charge in [0.2, 0.25) is 0 Å². The van der Waals surface area contributed by atoms with Crippen LogP contribution >= 0.6 is 11.3 Å². The number of nitrogens with one attached hydrogen (secondary N) is 1. The zero-order chi connectivity index (χ0) is 24.4. The highest BCUT2D eigenvalue weighted by Gasteiger charge is 2.30. The SMILES string of the molecule is Cc1nc([C@H](Cc2ccccc2)NC(=O)OCC2c3ccccc3-c3ccccc32)c(C(=O)O)s1. The third-order valence-electron chi connectivity index (χ3n) is 6.20. The van der Waals surface area contributed by atoms with E-state index < -0.39 is 18.1 Å². The third-order valence-corrected chi connectivity index (χ3v) is 7.18. The number of nitrogens with zero attached hydrogens (tertiary/aromatic N) is 1. The summed E-state index contributed by atoms with van der Waals surface area (Å²) in [5, 5.41) is 13.2. The number of aryl methyl sites for hydroxylation is 1. The lowest BCUT2D eigenvalue weighted by Crippen LogP contribution is -2.32. The highest BCUT2D eigenvalue weighted by Crippen LogP contribution is 2.44. The van der Waals surface area contributed by atoms with E-state index in [-0.39, 0.29) is 17.4 Å². The number of carbonyl (C=O) groups is 2. The monoisotopic (exact) mass is 484 g/mol. The molecule has 1 amide bonds. The number of fused-ring (bicyclic) bond motifs is 3. The number of amides is 1. The van der Waals surface area contributed by atoms with E-state index in [1.165, 1.54) is 0 Å². The van der Waals surface area contributed by atoms with Gasteiger partial charge in [0.1, 0.15) is 11.5 Å². The Morgan fingerprint density at radius 3 is 2.20 bits per heavy atom. The Labute approximate surface area is 207 Å². The molecule has 0 saturated heterocycles. The lowest BCUT2D eigenvalue weighted by atomic mass is 9.98. The molecule has 0 bridgehead atoms. The standard InChI is InChI=1S/C28H24N2O4S/c1-17-29-25(26(35-17)27(31)32)24(15-18-9-3-2-4-10-18)30-28(33)34-16-23-21-13-7-5-11-19(21)20-12-6-8-14-22(20)23/h2-14,23-24H,15-16H2,1H3,(H,30,33)(H,31,32)/t24-/m0/s1. The molecule has 2 N–H and O–H groups in total. The van der Waals surface area contributed by atoms with Crippen molar-refractivity contribution >= 4 is 23.4 Å². The molecule has 0 unspecified atom stereocenters. The Hall–Kier alpha value is -3.97. The number of rotatable bonds is 7. The Bertz CT molecular complexity index is 1340. The smallest absolute Gasteiger partial charge is 0.407 e. The molecule has 35 heavy (non-hydrogen) atoms. The van der Waals surface area contributed by atoms with Crippen LogP contribution < -0.4 is 5.32 Å². The number of carbonyl (C=O) groups excluding carboxylic acids is 1. The van der Waals surface area contributed by atoms with Gasteiger partial charge < -0.3 is 15.2 Å². The Balaban J connectivity index is 1.36. The second-order valence-electron chi connectivity index (χ2n) is 8.46. The fourth-order valence-electron chi connectivity index (χ4n) is 4.68. The van der Waals surface area contributed by atoms with Crippen molar-refractivity contribution in [2.75, 3.05) is 6.61 Å². The van der Waals surface area contributed by atoms with E-state index in [9.17, 15) is 14.7 Å². The molecule has 0 saturated carbocycles. The van der Waals surface area contributed by atoms with Crippen LogP contribution in [0.3, 0.4) is 0 Å². The van der Waals surface area contributed by atoms with Crippen molar-refractivity contribution in [1.29, 1.82) is 0 Å². The molecular weight excluding hydrogens is 460 g/mol. The average molecular weight is 485 g/mol. The molecule has 7 heteroatoms. The number of hydrogen-bond donors (Lipinski definition) is 2. The van der Waals surface area contributed by atoms with E-state index in [1.807, 2.05) is 54.6 Å². The molecule has 1 atom stereocenters. The number of ether oxygens (including phenoxy) is 1. The summed E-state index contributed by atoms with van der Waals surface area (Å²) in [7, 11) is 0. The fraction of sp³-hybridized carbons (Fsp3) is 0.179. The number of benzene rings is 3. The number of carboxylic acid groups (broad SMARTS) is 1. The second-order valence-corrected chi connectivity index (χ2v) is 9.67. The molecule has 0 fully saturated rings. The largest absolute Gasteiger partial charge is 0.477 e. The number of thiazole rings is 1. The van der Waals surface area contributed by atoms with E-state index in [0.717, 1.165) is 39.2 Å². The Kier molecular flexibility index (Phi) is 6.33. The van der Waals surface area contributed by atoms with E-state index in [2.05, 4.69) is 34.6 Å². The summed E-state index contributed by atoms with van der Waals surface area (Å²) in [4.78, 5) is 29.4. The maximum atomic E-state index is 13.0. The van der Waals surface area contributed by atoms with Gasteiger partial charge in [0.25, 0.3) is 0 Å². The van der Waals surface area contributed by atoms with E-state index in [1.54, 1.807) is 6.92 Å². The third kappa shape index (κ3) is 4.68. The van der Waals surface area contributed by atoms with Crippen molar-refractivity contribution in [3.63, 3.8) is 0 Å². The van der Waals surface area contributed by atoms with Crippen LogP contribution in [0.1, 0.15) is 49.0 Å². The number of alkyl carbamates (subject to hydrolysis) is 1. The van der Waals surface area contributed by atoms with E-state index in [4.69, 9.17) is 4.74 Å². The van der Waals surface area contributed by atoms with Crippen LogP contribution in [-0.4, -0.2) is 28.8 Å². The first-order valence-corrected chi connectivity index (χ1v) is 12.2. The first kappa shape index (κ1) is 22.8. The van der Waals surface area contributed by atoms with Crippen molar-refractivity contribution in [2.24, 2.45) is 0 Å². The molecule has 1 aliphatic rings. The molecule has 1 heterocycles. The minimum Gasteiger partial charge on any atom is -0.477 e. The van der Waals surface area contributed by atoms with Crippen LogP contribution in [0, 0.1) is 6.92 Å². The van der Waals surface area contributed by atoms with Gasteiger partial charge in [-0.2, -0.15) is 0 Å². The summed E-state index contributed by atoms with van der Waals surface area (Å²) in [5.74, 6) is -1.12. The fourth-order valence-corrected chi connectivity index (χ4v) is 5.50. The van der Waals surface area contributed by atoms with Gasteiger partial charge in [-0.3, -0.25) is 0 Å². The minimum absolute atomic E-state index is 0.0585. The highest BCUT2D eigenvalue weighted by molar-refractivity contribution is 7.13. The summed E-state index contributed by atoms with van der Waals surface area (Å²) < 4.78 is 5.71. The van der Waals surface area contributed by atoms with Gasteiger partial charge in [0.05, 0.1) is 16.7 Å². The summed E-state index contributed by atoms with van der Waals surface area (Å²) in [6.45, 7) is 1.94. The molecule has 1 aromatic heterocycles. The second kappa shape index (κ2) is 9.72. The van der Waals surface area contributed by atoms with Crippen molar-refractivity contribution in [2.45, 2.75) is 25.3 Å². The normalized spacial score (nSPS) is 13.1. The highest BCUT2D eigenvalue weighted by atomic mass is 32.1. The van der Waals surface area contributed by atoms with Crippen LogP contribution in [0.2, 0.25) is 0 Å². The molecule has 1 aliphatic carbocycles. The first-order chi connectivity index (χ1) is 17.0. The van der Waals surface area contributed by atoms with Gasteiger partial charge in [-0.1, -0.05) is 78.9 Å². The average Bonchev–Trinajstić information content (AvgIpc) is 3.41. The molecule has 0 radical (unpaired) electrons. The quantitative estimate of drug-likeness (QED) is 0.337. The summed E-state index contributed by atoms with van der Waals surface area (Å²) in [6, 6.07) is 25.3. The van der Waals surface area contributed by atoms with Gasteiger partial charge in [-0.15, -0.1) is 11.3 Å². The van der Waals surface area contributed by atoms with Gasteiger partial charge in [-0.25, -0.2) is 14.6 Å². The number of aromatic nitrogens is 1. The lowest BCUT2D eigenvalue weighted by molar-refractivity contribution is 0.0699. The Morgan fingerprint density at radius 1 is 0.971 bits per heavy atom. The minimum atomic E-state index is -1.06. The predicted molar refractivity (Wildman–Crippen MR) is 135 cm³/mol. The van der Waals surface area contributed by atoms with Crippen molar-refractivity contribution in [3.05, 3.63) is 111 Å². The van der Waals surface area contributed by atoms with Crippen LogP contribution in [-0.2, 0) is 11.2 Å². The van der Waals surface area contributed by atoms with Crippen molar-refractivity contribution < 1.29 is 19.4 Å². The van der Waals surface area contributed by atoms with E-state index in [0.29, 0.717) is 17.1 Å². The van der Waals surface area contributed by atoms with Crippen molar-refractivity contribution in [1.82, 2.24) is 10.3 Å². The van der Waals surface area contributed by atoms with Gasteiger partial charge in [0, 0.05) is 5.92 Å². The topological polar surface area (TPSA) is 88.5 Å². The summed E-state index contributed by atoms with van der Waals surface area (Å²) in [6.07, 6.45) is -0.205. The van der Waals surface area contributed by atoms with Crippen LogP contribution in [0.15, 0.2) is 78.9 Å². The number of hydrogen-bond acceptors (Lipinski definition) is 5. The van der Waals surface area contributed by atoms with Crippen LogP contribution in [0.5, 0.6) is 0 Å². The summed E-state index contributed by atoms with van der Waals surface area (Å²) in [5.41, 5.74) is 5.87. The molecular formula is C28H24N2O4S. The van der Waals surface area contributed by atoms with Crippen LogP contribution in [0.4, 0.5) is 4.79 Å². The zero-order valence-corrected chi connectivity index (χ0v) is 19.9. The number of carboxylic acids is 1. The molecule has 4 aromatic rings. The van der Waals surface area contributed by atoms with Gasteiger partial charge >= 0.3 is 12.1 Å². The van der Waals surface area contributed by atoms with Gasteiger partial charge in [-0.05, 0) is 41.2 Å². The Morgan fingerprint density at radius 2 is 1.57 bits per heavy atom. The first-order valence-electron chi connectivity index (χ1n) is 11.4. The summed E-state index contributed by atoms with van der Waals surface area (Å²) >= 11 is 1.10. The molecule has 0 spiro atoms. The zero-order valence-electron chi connectivity index (χ0n) is 19.1. The lowest BCUT2D eigenvalue weighted by Gasteiger charge is -2.20. The van der Waals surface area contributed by atoms with Crippen LogP contribution in [0.25, 0.3) is 11.1 Å². The van der Waals surface area contributed by atoms with Gasteiger partial charge in [0.15, 0.2) is 0 Å². The maximum Gasteiger partial charge on any atom is 0.407 e. The molecule has 3 aromatic carbocycles. The molecule has 176 valence electrons. The van der Waals surface area contributed by atoms with Crippen molar-refractivity contribution in [3.8, 4) is 11.1 Å². The molecule has 0 aliphatic heterocycles. The molecule has 5 rings (SSSR count). The predicted octanol–water partition coefficient (Wildman–Crippen LogP) is 5.97. The maximum absolute atomic E-state index is 13.0. The van der Waals surface area contributed by atoms with E-state index >= 15 is 0 Å². The number of aromatic carboxylic acids is 1.